The molecule has 0 aromatic heterocycles. The molecule has 112 valence electrons. The van der Waals surface area contributed by atoms with Gasteiger partial charge in [0.05, 0.1) is 5.69 Å². The number of hydrazone groups is 1. The van der Waals surface area contributed by atoms with Gasteiger partial charge in [-0.3, -0.25) is 10.8 Å². The lowest BCUT2D eigenvalue weighted by Crippen LogP contribution is -2.33. The molecule has 0 aliphatic rings. The first-order valence-electron chi connectivity index (χ1n) is 5.29. The third-order valence-corrected chi connectivity index (χ3v) is 2.00. The van der Waals surface area contributed by atoms with Gasteiger partial charge >= 0.3 is 12.5 Å². The Bertz CT molecular complexity index is 597. The average Bonchev–Trinajstić information content (AvgIpc) is 2.38. The third-order valence-electron chi connectivity index (χ3n) is 2.00. The zero-order valence-corrected chi connectivity index (χ0v) is 10.3. The van der Waals surface area contributed by atoms with Crippen LogP contribution >= 0.6 is 0 Å². The zero-order chi connectivity index (χ0) is 16.0. The smallest absolute Gasteiger partial charge is 0.428 e. The first-order valence-corrected chi connectivity index (χ1v) is 5.29. The second-order valence-corrected chi connectivity index (χ2v) is 3.59. The van der Waals surface area contributed by atoms with Crippen molar-refractivity contribution >= 4 is 17.2 Å². The van der Waals surface area contributed by atoms with Crippen LogP contribution in [0, 0.1) is 16.7 Å². The molecule has 1 aromatic carbocycles. The number of alkyl halides is 4. The van der Waals surface area contributed by atoms with Crippen molar-refractivity contribution in [1.82, 2.24) is 0 Å². The summed E-state index contributed by atoms with van der Waals surface area (Å²) in [5.74, 6) is -1.12. The van der Waals surface area contributed by atoms with Gasteiger partial charge in [-0.15, -0.1) is 0 Å². The number of ether oxygens (including phenoxy) is 1. The van der Waals surface area contributed by atoms with Crippen molar-refractivity contribution in [3.63, 3.8) is 0 Å². The lowest BCUT2D eigenvalue weighted by atomic mass is 10.3. The topological polar surface area (TPSA) is 107 Å². The summed E-state index contributed by atoms with van der Waals surface area (Å²) >= 11 is 0. The van der Waals surface area contributed by atoms with Gasteiger partial charge in [0.2, 0.25) is 5.71 Å². The molecule has 0 heterocycles. The van der Waals surface area contributed by atoms with Crippen LogP contribution in [0.3, 0.4) is 0 Å². The Balaban J connectivity index is 2.87. The molecular formula is C11H9F4N5O. The quantitative estimate of drug-likeness (QED) is 0.324. The van der Waals surface area contributed by atoms with E-state index < -0.39 is 29.8 Å². The summed E-state index contributed by atoms with van der Waals surface area (Å²) < 4.78 is 53.3. The molecule has 0 aliphatic carbocycles. The fraction of sp³-hybridized carbons (Fsp3) is 0.182. The molecule has 1 rings (SSSR count). The van der Waals surface area contributed by atoms with Crippen molar-refractivity contribution < 1.29 is 22.3 Å². The van der Waals surface area contributed by atoms with Gasteiger partial charge in [0.25, 0.3) is 0 Å². The number of nitriles is 1. The Morgan fingerprint density at radius 3 is 2.67 bits per heavy atom. The van der Waals surface area contributed by atoms with Gasteiger partial charge in [-0.05, 0) is 12.1 Å². The molecule has 0 unspecified atom stereocenters. The molecule has 0 atom stereocenters. The summed E-state index contributed by atoms with van der Waals surface area (Å²) in [4.78, 5) is 0. The average molecular weight is 303 g/mol. The van der Waals surface area contributed by atoms with E-state index in [-0.39, 0.29) is 5.69 Å². The number of amidine groups is 1. The van der Waals surface area contributed by atoms with E-state index in [1.54, 1.807) is 0 Å². The molecule has 0 spiro atoms. The van der Waals surface area contributed by atoms with Gasteiger partial charge in [-0.2, -0.15) is 27.9 Å². The van der Waals surface area contributed by atoms with E-state index in [0.29, 0.717) is 0 Å². The number of nitrogens with zero attached hydrogens (tertiary/aromatic N) is 2. The van der Waals surface area contributed by atoms with Crippen LogP contribution in [-0.2, 0) is 0 Å². The molecule has 0 saturated carbocycles. The predicted octanol–water partition coefficient (Wildman–Crippen LogP) is 2.15. The summed E-state index contributed by atoms with van der Waals surface area (Å²) in [6, 6.07) is 6.14. The molecule has 6 nitrogen and oxygen atoms in total. The van der Waals surface area contributed by atoms with Gasteiger partial charge in [-0.1, -0.05) is 6.07 Å². The number of nitrogens with two attached hydrogens (primary N) is 1. The van der Waals surface area contributed by atoms with E-state index in [0.717, 1.165) is 12.1 Å². The van der Waals surface area contributed by atoms with Crippen molar-refractivity contribution in [1.29, 1.82) is 10.7 Å². The molecule has 0 bridgehead atoms. The van der Waals surface area contributed by atoms with E-state index >= 15 is 0 Å². The lowest BCUT2D eigenvalue weighted by Gasteiger charge is -2.17. The van der Waals surface area contributed by atoms with Crippen molar-refractivity contribution in [3.05, 3.63) is 24.3 Å². The maximum atomic E-state index is 12.7. The van der Waals surface area contributed by atoms with E-state index in [2.05, 4.69) is 15.3 Å². The first-order chi connectivity index (χ1) is 9.76. The highest BCUT2D eigenvalue weighted by molar-refractivity contribution is 6.45. The standard InChI is InChI=1S/C11H9F4N5O/c12-10(13)11(14,15)21-7-3-1-2-6(4-7)19-20-8(5-16)9(17)18/h1-4,10,19H,(H3,17,18)/b20-8+. The fourth-order valence-corrected chi connectivity index (χ4v) is 1.10. The summed E-state index contributed by atoms with van der Waals surface area (Å²) in [5, 5.41) is 19.0. The lowest BCUT2D eigenvalue weighted by molar-refractivity contribution is -0.253. The molecule has 0 radical (unpaired) electrons. The van der Waals surface area contributed by atoms with E-state index in [1.165, 1.54) is 18.2 Å². The van der Waals surface area contributed by atoms with Crippen LogP contribution in [0.1, 0.15) is 0 Å². The summed E-state index contributed by atoms with van der Waals surface area (Å²) in [5.41, 5.74) is 6.95. The van der Waals surface area contributed by atoms with E-state index in [9.17, 15) is 17.6 Å². The highest BCUT2D eigenvalue weighted by Gasteiger charge is 2.43. The molecular weight excluding hydrogens is 294 g/mol. The summed E-state index contributed by atoms with van der Waals surface area (Å²) in [7, 11) is 0. The van der Waals surface area contributed by atoms with Crippen molar-refractivity contribution in [3.8, 4) is 11.8 Å². The van der Waals surface area contributed by atoms with Gasteiger partial charge in [0.15, 0.2) is 5.84 Å². The SMILES string of the molecule is N#C/C(=N\Nc1cccc(OC(F)(F)C(F)F)c1)C(=N)N. The second kappa shape index (κ2) is 6.56. The van der Waals surface area contributed by atoms with Crippen LogP contribution in [0.4, 0.5) is 23.2 Å². The summed E-state index contributed by atoms with van der Waals surface area (Å²) in [6.45, 7) is 0. The fourth-order valence-electron chi connectivity index (χ4n) is 1.10. The number of anilines is 1. The van der Waals surface area contributed by atoms with Crippen LogP contribution in [-0.4, -0.2) is 24.1 Å². The number of benzene rings is 1. The summed E-state index contributed by atoms with van der Waals surface area (Å²) in [6.07, 6.45) is -8.60. The van der Waals surface area contributed by atoms with Crippen LogP contribution in [0.15, 0.2) is 29.4 Å². The molecule has 0 aliphatic heterocycles. The highest BCUT2D eigenvalue weighted by Crippen LogP contribution is 2.28. The number of rotatable bonds is 6. The third kappa shape index (κ3) is 4.64. The molecule has 0 saturated heterocycles. The number of halogens is 4. The maximum Gasteiger partial charge on any atom is 0.461 e. The Hall–Kier alpha value is -2.83. The number of nitrogens with one attached hydrogen (secondary N) is 2. The number of hydrogen-bond acceptors (Lipinski definition) is 5. The minimum absolute atomic E-state index is 0.0755. The maximum absolute atomic E-state index is 12.7. The Morgan fingerprint density at radius 2 is 2.14 bits per heavy atom. The Labute approximate surface area is 116 Å². The monoisotopic (exact) mass is 303 g/mol. The van der Waals surface area contributed by atoms with Gasteiger partial charge < -0.3 is 10.5 Å². The van der Waals surface area contributed by atoms with Crippen LogP contribution in [0.5, 0.6) is 5.75 Å². The van der Waals surface area contributed by atoms with Crippen molar-refractivity contribution in [2.75, 3.05) is 5.43 Å². The molecule has 0 fully saturated rings. The zero-order valence-electron chi connectivity index (χ0n) is 10.3. The molecule has 10 heteroatoms. The van der Waals surface area contributed by atoms with Gasteiger partial charge in [0.1, 0.15) is 11.8 Å². The normalized spacial score (nSPS) is 11.9. The van der Waals surface area contributed by atoms with Crippen molar-refractivity contribution in [2.45, 2.75) is 12.5 Å². The number of hydrogen-bond donors (Lipinski definition) is 3. The van der Waals surface area contributed by atoms with Crippen LogP contribution in [0.25, 0.3) is 0 Å². The van der Waals surface area contributed by atoms with Crippen LogP contribution < -0.4 is 15.9 Å². The largest absolute Gasteiger partial charge is 0.461 e. The van der Waals surface area contributed by atoms with E-state index in [4.69, 9.17) is 16.4 Å². The molecule has 4 N–H and O–H groups in total. The molecule has 21 heavy (non-hydrogen) atoms. The minimum Gasteiger partial charge on any atom is -0.428 e. The van der Waals surface area contributed by atoms with Crippen molar-refractivity contribution in [2.24, 2.45) is 10.8 Å². The van der Waals surface area contributed by atoms with Gasteiger partial charge in [-0.25, -0.2) is 0 Å². The highest BCUT2D eigenvalue weighted by atomic mass is 19.3. The molecule has 0 amide bonds. The van der Waals surface area contributed by atoms with Gasteiger partial charge in [0, 0.05) is 6.07 Å². The predicted molar refractivity (Wildman–Crippen MR) is 66.6 cm³/mol. The first kappa shape index (κ1) is 16.2. The van der Waals surface area contributed by atoms with E-state index in [1.807, 2.05) is 0 Å². The second-order valence-electron chi connectivity index (χ2n) is 3.59. The van der Waals surface area contributed by atoms with Crippen LogP contribution in [0.2, 0.25) is 0 Å². The molecule has 1 aromatic rings. The minimum atomic E-state index is -4.63. The Kier molecular flexibility index (Phi) is 5.06. The Morgan fingerprint density at radius 1 is 1.48 bits per heavy atom.